The predicted molar refractivity (Wildman–Crippen MR) is 129 cm³/mol. The minimum absolute atomic E-state index is 0.0552. The van der Waals surface area contributed by atoms with Crippen molar-refractivity contribution in [1.29, 1.82) is 0 Å². The Morgan fingerprint density at radius 2 is 1.89 bits per heavy atom. The van der Waals surface area contributed by atoms with Crippen LogP contribution in [0.1, 0.15) is 13.8 Å². The number of fused-ring (bicyclic) bond motifs is 1. The van der Waals surface area contributed by atoms with E-state index < -0.39 is 24.7 Å². The van der Waals surface area contributed by atoms with Crippen LogP contribution in [0.3, 0.4) is 0 Å². The lowest BCUT2D eigenvalue weighted by Crippen LogP contribution is -2.49. The number of hydrogen-bond donors (Lipinski definition) is 2. The molecule has 1 aliphatic rings. The molecule has 9 nitrogen and oxygen atoms in total. The molecule has 3 aromatic rings. The zero-order chi connectivity index (χ0) is 25.8. The maximum Gasteiger partial charge on any atom is 0.387 e. The van der Waals surface area contributed by atoms with Gasteiger partial charge >= 0.3 is 18.6 Å². The smallest absolute Gasteiger partial charge is 0.387 e. The number of nitrogens with zero attached hydrogens (tertiary/aromatic N) is 2. The van der Waals surface area contributed by atoms with Crippen molar-refractivity contribution in [3.05, 3.63) is 70.2 Å². The van der Waals surface area contributed by atoms with Crippen molar-refractivity contribution in [2.75, 3.05) is 12.4 Å². The van der Waals surface area contributed by atoms with E-state index >= 15 is 0 Å². The number of para-hydroxylation sites is 1. The van der Waals surface area contributed by atoms with E-state index in [-0.39, 0.29) is 34.4 Å². The number of alkyl halides is 2. The highest BCUT2D eigenvalue weighted by Gasteiger charge is 2.30. The van der Waals surface area contributed by atoms with Crippen LogP contribution in [0.25, 0.3) is 16.6 Å². The van der Waals surface area contributed by atoms with Crippen molar-refractivity contribution in [2.24, 2.45) is 0 Å². The maximum absolute atomic E-state index is 13.4. The molecule has 12 heteroatoms. The fraction of sp³-hybridized carbons (Fsp3) is 0.250. The lowest BCUT2D eigenvalue weighted by molar-refractivity contribution is -0.138. The molecule has 36 heavy (non-hydrogen) atoms. The van der Waals surface area contributed by atoms with Gasteiger partial charge in [-0.05, 0) is 50.2 Å². The number of benzene rings is 2. The number of ether oxygens (including phenoxy) is 2. The number of thioether (sulfide) groups is 1. The van der Waals surface area contributed by atoms with E-state index in [1.807, 2.05) is 0 Å². The number of aromatic nitrogens is 2. The molecule has 2 heterocycles. The summed E-state index contributed by atoms with van der Waals surface area (Å²) in [4.78, 5) is 42.7. The fourth-order valence-corrected chi connectivity index (χ4v) is 4.72. The van der Waals surface area contributed by atoms with E-state index in [0.29, 0.717) is 22.3 Å². The number of nitrogens with one attached hydrogen (secondary N) is 2. The normalized spacial score (nSPS) is 15.6. The van der Waals surface area contributed by atoms with Gasteiger partial charge in [-0.2, -0.15) is 8.78 Å². The number of rotatable bonds is 8. The molecule has 0 saturated heterocycles. The van der Waals surface area contributed by atoms with Crippen LogP contribution in [-0.2, 0) is 9.53 Å². The first-order valence-electron chi connectivity index (χ1n) is 11.0. The van der Waals surface area contributed by atoms with Crippen molar-refractivity contribution in [1.82, 2.24) is 20.2 Å². The van der Waals surface area contributed by atoms with Gasteiger partial charge in [-0.1, -0.05) is 23.9 Å². The molecule has 0 aliphatic carbocycles. The first-order chi connectivity index (χ1) is 17.3. The topological polar surface area (TPSA) is 112 Å². The molecule has 1 aromatic heterocycles. The number of amides is 2. The van der Waals surface area contributed by atoms with E-state index in [2.05, 4.69) is 20.4 Å². The Hall–Kier alpha value is -3.93. The van der Waals surface area contributed by atoms with Crippen LogP contribution in [-0.4, -0.2) is 46.6 Å². The average Bonchev–Trinajstić information content (AvgIpc) is 2.83. The van der Waals surface area contributed by atoms with Gasteiger partial charge in [0.25, 0.3) is 5.56 Å². The van der Waals surface area contributed by atoms with E-state index in [4.69, 9.17) is 4.74 Å². The van der Waals surface area contributed by atoms with Gasteiger partial charge in [0.05, 0.1) is 34.8 Å². The van der Waals surface area contributed by atoms with Crippen molar-refractivity contribution in [3.63, 3.8) is 0 Å². The van der Waals surface area contributed by atoms with E-state index in [1.54, 1.807) is 38.1 Å². The molecule has 0 bridgehead atoms. The van der Waals surface area contributed by atoms with E-state index in [1.165, 1.54) is 28.8 Å². The Balaban J connectivity index is 1.76. The molecule has 0 saturated carbocycles. The van der Waals surface area contributed by atoms with Crippen LogP contribution < -0.4 is 20.9 Å². The third-order valence-corrected chi connectivity index (χ3v) is 6.24. The largest absolute Gasteiger partial charge is 0.463 e. The summed E-state index contributed by atoms with van der Waals surface area (Å²) in [6, 6.07) is 11.3. The van der Waals surface area contributed by atoms with Gasteiger partial charge in [0.1, 0.15) is 5.75 Å². The zero-order valence-corrected chi connectivity index (χ0v) is 20.1. The first kappa shape index (κ1) is 25.2. The highest BCUT2D eigenvalue weighted by Crippen LogP contribution is 2.26. The van der Waals surface area contributed by atoms with Gasteiger partial charge in [-0.15, -0.1) is 0 Å². The highest BCUT2D eigenvalue weighted by molar-refractivity contribution is 7.99. The number of esters is 1. The minimum atomic E-state index is -2.98. The molecular weight excluding hydrogens is 494 g/mol. The van der Waals surface area contributed by atoms with Crippen molar-refractivity contribution >= 4 is 34.7 Å². The molecule has 4 rings (SSSR count). The quantitative estimate of drug-likeness (QED) is 0.267. The molecule has 0 unspecified atom stereocenters. The highest BCUT2D eigenvalue weighted by atomic mass is 32.2. The Morgan fingerprint density at radius 1 is 1.17 bits per heavy atom. The third kappa shape index (κ3) is 5.33. The molecule has 0 spiro atoms. The van der Waals surface area contributed by atoms with E-state index in [9.17, 15) is 23.2 Å². The molecule has 2 amide bonds. The van der Waals surface area contributed by atoms with Crippen LogP contribution >= 0.6 is 11.8 Å². The molecule has 0 radical (unpaired) electrons. The van der Waals surface area contributed by atoms with Crippen molar-refractivity contribution in [3.8, 4) is 11.4 Å². The summed E-state index contributed by atoms with van der Waals surface area (Å²) >= 11 is 1.13. The summed E-state index contributed by atoms with van der Waals surface area (Å²) in [5.74, 6) is -0.518. The number of hydrogen-bond acceptors (Lipinski definition) is 7. The van der Waals surface area contributed by atoms with Crippen LogP contribution in [0, 0.1) is 0 Å². The molecule has 1 aliphatic heterocycles. The van der Waals surface area contributed by atoms with Gasteiger partial charge in [-0.25, -0.2) is 14.6 Å². The Bertz CT molecular complexity index is 1390. The Kier molecular flexibility index (Phi) is 7.53. The molecule has 2 N–H and O–H groups in total. The molecular formula is C24H22F2N4O5S. The number of halogens is 2. The lowest BCUT2D eigenvalue weighted by atomic mass is 10.1. The summed E-state index contributed by atoms with van der Waals surface area (Å²) in [6.45, 7) is 0.543. The Morgan fingerprint density at radius 3 is 2.58 bits per heavy atom. The predicted octanol–water partition coefficient (Wildman–Crippen LogP) is 3.60. The summed E-state index contributed by atoms with van der Waals surface area (Å²) in [6.07, 6.45) is 0. The number of urea groups is 1. The summed E-state index contributed by atoms with van der Waals surface area (Å²) in [5, 5.41) is 5.92. The molecule has 2 aromatic carbocycles. The second kappa shape index (κ2) is 10.8. The summed E-state index contributed by atoms with van der Waals surface area (Å²) < 4.78 is 36.0. The van der Waals surface area contributed by atoms with Gasteiger partial charge in [0, 0.05) is 11.4 Å². The molecule has 1 atom stereocenters. The van der Waals surface area contributed by atoms with E-state index in [0.717, 1.165) is 11.8 Å². The van der Waals surface area contributed by atoms with Gasteiger partial charge in [0.15, 0.2) is 5.16 Å². The minimum Gasteiger partial charge on any atom is -0.463 e. The van der Waals surface area contributed by atoms with Crippen molar-refractivity contribution in [2.45, 2.75) is 31.7 Å². The lowest BCUT2D eigenvalue weighted by Gasteiger charge is -2.26. The van der Waals surface area contributed by atoms with Gasteiger partial charge < -0.3 is 20.1 Å². The van der Waals surface area contributed by atoms with Crippen molar-refractivity contribution < 1.29 is 27.8 Å². The van der Waals surface area contributed by atoms with Crippen LogP contribution in [0.15, 0.2) is 69.8 Å². The standard InChI is InChI=1S/C24H22F2N4O5S/c1-3-34-21(32)19-13(2)27-23(33)28-18(19)12-36-24-29-17-7-5-4-6-16(17)20(31)30(24)14-8-10-15(11-9-14)35-22(25)26/h4-11,13,22H,3,12H2,1-2H3,(H2,27,28,33)/t13-/m0/s1. The monoisotopic (exact) mass is 516 g/mol. The summed E-state index contributed by atoms with van der Waals surface area (Å²) in [7, 11) is 0. The fourth-order valence-electron chi connectivity index (χ4n) is 3.74. The van der Waals surface area contributed by atoms with Gasteiger partial charge in [0.2, 0.25) is 0 Å². The molecule has 0 fully saturated rings. The maximum atomic E-state index is 13.4. The zero-order valence-electron chi connectivity index (χ0n) is 19.3. The average molecular weight is 517 g/mol. The van der Waals surface area contributed by atoms with Crippen LogP contribution in [0.2, 0.25) is 0 Å². The third-order valence-electron chi connectivity index (χ3n) is 5.28. The van der Waals surface area contributed by atoms with Crippen LogP contribution in [0.4, 0.5) is 13.6 Å². The second-order valence-electron chi connectivity index (χ2n) is 7.65. The Labute approximate surface area is 208 Å². The van der Waals surface area contributed by atoms with Crippen LogP contribution in [0.5, 0.6) is 5.75 Å². The first-order valence-corrected chi connectivity index (χ1v) is 11.9. The SMILES string of the molecule is CCOC(=O)C1=C(CSc2nc3ccccc3c(=O)n2-c2ccc(OC(F)F)cc2)NC(=O)N[C@H]1C. The summed E-state index contributed by atoms with van der Waals surface area (Å²) in [5.41, 5.74) is 1.08. The second-order valence-corrected chi connectivity index (χ2v) is 8.59. The number of carbonyl (C=O) groups is 2. The number of carbonyl (C=O) groups excluding carboxylic acids is 2. The van der Waals surface area contributed by atoms with Gasteiger partial charge in [-0.3, -0.25) is 9.36 Å². The molecule has 188 valence electrons.